The number of benzene rings is 2. The number of fused-ring (bicyclic) bond motifs is 1. The normalized spacial score (nSPS) is 10.4. The Morgan fingerprint density at radius 2 is 1.88 bits per heavy atom. The lowest BCUT2D eigenvalue weighted by Gasteiger charge is -2.06. The molecule has 0 amide bonds. The molecule has 0 unspecified atom stereocenters. The van der Waals surface area contributed by atoms with Crippen molar-refractivity contribution >= 4 is 22.4 Å². The van der Waals surface area contributed by atoms with E-state index in [1.54, 1.807) is 0 Å². The van der Waals surface area contributed by atoms with Crippen LogP contribution in [0.1, 0.15) is 12.8 Å². The lowest BCUT2D eigenvalue weighted by molar-refractivity contribution is -0.137. The van der Waals surface area contributed by atoms with E-state index >= 15 is 0 Å². The molecule has 0 aliphatic heterocycles. The largest absolute Gasteiger partial charge is 0.481 e. The fourth-order valence-corrected chi connectivity index (χ4v) is 1.77. The summed E-state index contributed by atoms with van der Waals surface area (Å²) in [5, 5.41) is 14.2. The van der Waals surface area contributed by atoms with E-state index in [2.05, 4.69) is 29.6 Å². The zero-order valence-electron chi connectivity index (χ0n) is 9.52. The molecule has 2 N–H and O–H groups in total. The minimum absolute atomic E-state index is 0.209. The first kappa shape index (κ1) is 11.5. The van der Waals surface area contributed by atoms with E-state index in [0.29, 0.717) is 13.0 Å². The second-order valence-corrected chi connectivity index (χ2v) is 3.99. The number of carboxylic acid groups (broad SMARTS) is 1. The lowest BCUT2D eigenvalue weighted by Crippen LogP contribution is -2.04. The zero-order valence-corrected chi connectivity index (χ0v) is 9.52. The van der Waals surface area contributed by atoms with Gasteiger partial charge in [-0.2, -0.15) is 0 Å². The summed E-state index contributed by atoms with van der Waals surface area (Å²) in [6.07, 6.45) is 0.850. The third-order valence-electron chi connectivity index (χ3n) is 2.65. The van der Waals surface area contributed by atoms with Crippen molar-refractivity contribution in [3.8, 4) is 0 Å². The molecule has 0 aliphatic carbocycles. The molecule has 88 valence electrons. The molecule has 3 heteroatoms. The van der Waals surface area contributed by atoms with Crippen molar-refractivity contribution in [2.45, 2.75) is 12.8 Å². The van der Waals surface area contributed by atoms with Gasteiger partial charge < -0.3 is 10.4 Å². The molecular formula is C14H15NO2. The Kier molecular flexibility index (Phi) is 3.60. The third-order valence-corrected chi connectivity index (χ3v) is 2.65. The number of hydrogen-bond donors (Lipinski definition) is 2. The highest BCUT2D eigenvalue weighted by atomic mass is 16.4. The summed E-state index contributed by atoms with van der Waals surface area (Å²) in [6.45, 7) is 0.685. The average Bonchev–Trinajstić information content (AvgIpc) is 2.34. The van der Waals surface area contributed by atoms with E-state index in [-0.39, 0.29) is 6.42 Å². The van der Waals surface area contributed by atoms with Gasteiger partial charge in [0.05, 0.1) is 0 Å². The summed E-state index contributed by atoms with van der Waals surface area (Å²) in [5.41, 5.74) is 1.04. The summed E-state index contributed by atoms with van der Waals surface area (Å²) >= 11 is 0. The van der Waals surface area contributed by atoms with Gasteiger partial charge in [-0.1, -0.05) is 30.3 Å². The van der Waals surface area contributed by atoms with E-state index in [0.717, 1.165) is 5.69 Å². The van der Waals surface area contributed by atoms with Crippen LogP contribution in [0, 0.1) is 0 Å². The molecule has 0 heterocycles. The van der Waals surface area contributed by atoms with E-state index in [9.17, 15) is 4.79 Å². The number of nitrogens with one attached hydrogen (secondary N) is 1. The van der Waals surface area contributed by atoms with Gasteiger partial charge in [-0.15, -0.1) is 0 Å². The highest BCUT2D eigenvalue weighted by molar-refractivity contribution is 5.85. The van der Waals surface area contributed by atoms with Crippen LogP contribution < -0.4 is 5.32 Å². The molecule has 0 spiro atoms. The van der Waals surface area contributed by atoms with Crippen molar-refractivity contribution in [3.63, 3.8) is 0 Å². The van der Waals surface area contributed by atoms with Crippen molar-refractivity contribution in [1.82, 2.24) is 0 Å². The first-order valence-corrected chi connectivity index (χ1v) is 5.70. The molecule has 3 nitrogen and oxygen atoms in total. The molecule has 0 aromatic heterocycles. The topological polar surface area (TPSA) is 49.3 Å². The number of carbonyl (C=O) groups is 1. The summed E-state index contributed by atoms with van der Waals surface area (Å²) < 4.78 is 0. The van der Waals surface area contributed by atoms with E-state index in [4.69, 9.17) is 5.11 Å². The average molecular weight is 229 g/mol. The number of anilines is 1. The van der Waals surface area contributed by atoms with Crippen molar-refractivity contribution in [2.75, 3.05) is 11.9 Å². The number of hydrogen-bond acceptors (Lipinski definition) is 2. The lowest BCUT2D eigenvalue weighted by atomic mass is 10.1. The summed E-state index contributed by atoms with van der Waals surface area (Å²) in [7, 11) is 0. The van der Waals surface area contributed by atoms with Gasteiger partial charge in [-0.05, 0) is 29.3 Å². The van der Waals surface area contributed by atoms with E-state index in [1.807, 2.05) is 18.2 Å². The Labute approximate surface area is 100 Å². The van der Waals surface area contributed by atoms with Crippen molar-refractivity contribution in [2.24, 2.45) is 0 Å². The Morgan fingerprint density at radius 3 is 2.65 bits per heavy atom. The molecule has 2 aromatic rings. The van der Waals surface area contributed by atoms with Gasteiger partial charge in [-0.3, -0.25) is 4.79 Å². The minimum Gasteiger partial charge on any atom is -0.481 e. The smallest absolute Gasteiger partial charge is 0.303 e. The van der Waals surface area contributed by atoms with Crippen LogP contribution in [0.2, 0.25) is 0 Å². The molecule has 2 rings (SSSR count). The van der Waals surface area contributed by atoms with Gasteiger partial charge in [0.25, 0.3) is 0 Å². The Morgan fingerprint density at radius 1 is 1.12 bits per heavy atom. The second kappa shape index (κ2) is 5.34. The maximum Gasteiger partial charge on any atom is 0.303 e. The summed E-state index contributed by atoms with van der Waals surface area (Å²) in [6, 6.07) is 14.3. The molecule has 0 fully saturated rings. The zero-order chi connectivity index (χ0) is 12.1. The standard InChI is InChI=1S/C14H15NO2/c16-14(17)6-3-9-15-13-8-7-11-4-1-2-5-12(11)10-13/h1-2,4-5,7-8,10,15H,3,6,9H2,(H,16,17). The molecule has 0 saturated heterocycles. The fourth-order valence-electron chi connectivity index (χ4n) is 1.77. The molecule has 0 saturated carbocycles. The van der Waals surface area contributed by atoms with Crippen LogP contribution >= 0.6 is 0 Å². The Hall–Kier alpha value is -2.03. The summed E-state index contributed by atoms with van der Waals surface area (Å²) in [4.78, 5) is 10.4. The quantitative estimate of drug-likeness (QED) is 0.774. The van der Waals surface area contributed by atoms with Gasteiger partial charge >= 0.3 is 5.97 Å². The molecule has 0 bridgehead atoms. The predicted molar refractivity (Wildman–Crippen MR) is 69.3 cm³/mol. The predicted octanol–water partition coefficient (Wildman–Crippen LogP) is 3.12. The minimum atomic E-state index is -0.745. The highest BCUT2D eigenvalue weighted by Gasteiger charge is 1.97. The second-order valence-electron chi connectivity index (χ2n) is 3.99. The molecule has 17 heavy (non-hydrogen) atoms. The fraction of sp³-hybridized carbons (Fsp3) is 0.214. The van der Waals surface area contributed by atoms with Gasteiger partial charge in [-0.25, -0.2) is 0 Å². The molecule has 2 aromatic carbocycles. The van der Waals surface area contributed by atoms with E-state index < -0.39 is 5.97 Å². The monoisotopic (exact) mass is 229 g/mol. The van der Waals surface area contributed by atoms with Crippen LogP contribution in [-0.2, 0) is 4.79 Å². The third kappa shape index (κ3) is 3.21. The van der Waals surface area contributed by atoms with Crippen LogP contribution in [0.4, 0.5) is 5.69 Å². The number of carboxylic acids is 1. The number of rotatable bonds is 5. The van der Waals surface area contributed by atoms with Crippen LogP contribution in [0.5, 0.6) is 0 Å². The molecule has 0 radical (unpaired) electrons. The van der Waals surface area contributed by atoms with E-state index in [1.165, 1.54) is 10.8 Å². The molecular weight excluding hydrogens is 214 g/mol. The van der Waals surface area contributed by atoms with Gasteiger partial charge in [0.2, 0.25) is 0 Å². The molecule has 0 atom stereocenters. The maximum atomic E-state index is 10.4. The summed E-state index contributed by atoms with van der Waals surface area (Å²) in [5.74, 6) is -0.745. The maximum absolute atomic E-state index is 10.4. The SMILES string of the molecule is O=C(O)CCCNc1ccc2ccccc2c1. The van der Waals surface area contributed by atoms with Crippen LogP contribution in [-0.4, -0.2) is 17.6 Å². The first-order chi connectivity index (χ1) is 8.25. The van der Waals surface area contributed by atoms with Gasteiger partial charge in [0.1, 0.15) is 0 Å². The van der Waals surface area contributed by atoms with Crippen molar-refractivity contribution < 1.29 is 9.90 Å². The van der Waals surface area contributed by atoms with Gasteiger partial charge in [0.15, 0.2) is 0 Å². The Bertz CT molecular complexity index is 522. The van der Waals surface area contributed by atoms with Gasteiger partial charge in [0, 0.05) is 18.7 Å². The van der Waals surface area contributed by atoms with Crippen LogP contribution in [0.3, 0.4) is 0 Å². The first-order valence-electron chi connectivity index (χ1n) is 5.70. The van der Waals surface area contributed by atoms with Crippen LogP contribution in [0.25, 0.3) is 10.8 Å². The molecule has 0 aliphatic rings. The number of aliphatic carboxylic acids is 1. The van der Waals surface area contributed by atoms with Crippen LogP contribution in [0.15, 0.2) is 42.5 Å². The van der Waals surface area contributed by atoms with Crippen molar-refractivity contribution in [3.05, 3.63) is 42.5 Å². The Balaban J connectivity index is 1.97. The highest BCUT2D eigenvalue weighted by Crippen LogP contribution is 2.18. The van der Waals surface area contributed by atoms with Crippen molar-refractivity contribution in [1.29, 1.82) is 0 Å².